The SMILES string of the molecule is COc1cccc(-n2nc(Cc3c(F)cccc3F)c(=O)n(CC(N)c3ccccc3)c2=O)c1. The van der Waals surface area contributed by atoms with Gasteiger partial charge >= 0.3 is 5.69 Å². The molecule has 1 unspecified atom stereocenters. The molecule has 0 aliphatic rings. The molecule has 2 N–H and O–H groups in total. The minimum absolute atomic E-state index is 0.152. The molecular weight excluding hydrogens is 442 g/mol. The topological polar surface area (TPSA) is 92.1 Å². The summed E-state index contributed by atoms with van der Waals surface area (Å²) in [4.78, 5) is 26.6. The largest absolute Gasteiger partial charge is 0.497 e. The molecule has 174 valence electrons. The lowest BCUT2D eigenvalue weighted by atomic mass is 10.1. The van der Waals surface area contributed by atoms with E-state index in [2.05, 4.69) is 5.10 Å². The maximum atomic E-state index is 14.3. The molecule has 0 spiro atoms. The van der Waals surface area contributed by atoms with Gasteiger partial charge in [0.25, 0.3) is 5.56 Å². The first kappa shape index (κ1) is 23.1. The van der Waals surface area contributed by atoms with Crippen LogP contribution in [0, 0.1) is 11.6 Å². The Labute approximate surface area is 193 Å². The highest BCUT2D eigenvalue weighted by atomic mass is 19.1. The van der Waals surface area contributed by atoms with Crippen LogP contribution < -0.4 is 21.7 Å². The van der Waals surface area contributed by atoms with Gasteiger partial charge in [-0.05, 0) is 29.8 Å². The second-order valence-electron chi connectivity index (χ2n) is 7.65. The van der Waals surface area contributed by atoms with Crippen LogP contribution in [0.5, 0.6) is 5.75 Å². The summed E-state index contributed by atoms with van der Waals surface area (Å²) < 4.78 is 35.8. The average Bonchev–Trinajstić information content (AvgIpc) is 2.85. The summed E-state index contributed by atoms with van der Waals surface area (Å²) in [6.07, 6.45) is -0.442. The fourth-order valence-electron chi connectivity index (χ4n) is 3.62. The van der Waals surface area contributed by atoms with Crippen molar-refractivity contribution in [3.63, 3.8) is 0 Å². The molecule has 1 heterocycles. The Hall–Kier alpha value is -4.11. The van der Waals surface area contributed by atoms with Crippen LogP contribution in [0.2, 0.25) is 0 Å². The first-order chi connectivity index (χ1) is 16.4. The van der Waals surface area contributed by atoms with Gasteiger partial charge < -0.3 is 10.5 Å². The van der Waals surface area contributed by atoms with E-state index in [1.807, 2.05) is 6.07 Å². The lowest BCUT2D eigenvalue weighted by molar-refractivity contribution is 0.414. The number of halogens is 2. The summed E-state index contributed by atoms with van der Waals surface area (Å²) in [6, 6.07) is 18.3. The Morgan fingerprint density at radius 3 is 2.32 bits per heavy atom. The second-order valence-corrected chi connectivity index (χ2v) is 7.65. The van der Waals surface area contributed by atoms with E-state index in [-0.39, 0.29) is 17.8 Å². The number of ether oxygens (including phenoxy) is 1. The van der Waals surface area contributed by atoms with Gasteiger partial charge in [0.1, 0.15) is 23.1 Å². The van der Waals surface area contributed by atoms with Crippen LogP contribution in [0.3, 0.4) is 0 Å². The van der Waals surface area contributed by atoms with Gasteiger partial charge in [-0.25, -0.2) is 13.6 Å². The monoisotopic (exact) mass is 464 g/mol. The fraction of sp³-hybridized carbons (Fsp3) is 0.160. The molecule has 1 atom stereocenters. The number of nitrogens with zero attached hydrogens (tertiary/aromatic N) is 3. The third kappa shape index (κ3) is 4.65. The zero-order valence-electron chi connectivity index (χ0n) is 18.3. The maximum Gasteiger partial charge on any atom is 0.352 e. The molecule has 34 heavy (non-hydrogen) atoms. The van der Waals surface area contributed by atoms with Crippen LogP contribution in [0.15, 0.2) is 82.4 Å². The highest BCUT2D eigenvalue weighted by molar-refractivity contribution is 5.38. The van der Waals surface area contributed by atoms with Gasteiger partial charge in [0, 0.05) is 24.1 Å². The third-order valence-electron chi connectivity index (χ3n) is 5.44. The van der Waals surface area contributed by atoms with Gasteiger partial charge in [-0.2, -0.15) is 9.78 Å². The molecule has 1 aromatic heterocycles. The van der Waals surface area contributed by atoms with Crippen molar-refractivity contribution in [1.29, 1.82) is 0 Å². The first-order valence-electron chi connectivity index (χ1n) is 10.5. The fourth-order valence-corrected chi connectivity index (χ4v) is 3.62. The van der Waals surface area contributed by atoms with Gasteiger partial charge in [0.15, 0.2) is 0 Å². The van der Waals surface area contributed by atoms with Gasteiger partial charge in [-0.15, -0.1) is 0 Å². The minimum atomic E-state index is -0.812. The molecule has 0 aliphatic heterocycles. The highest BCUT2D eigenvalue weighted by Gasteiger charge is 2.20. The Kier molecular flexibility index (Phi) is 6.65. The predicted octanol–water partition coefficient (Wildman–Crippen LogP) is 2.97. The molecule has 4 rings (SSSR count). The Morgan fingerprint density at radius 2 is 1.65 bits per heavy atom. The zero-order chi connectivity index (χ0) is 24.2. The van der Waals surface area contributed by atoms with Crippen molar-refractivity contribution in [1.82, 2.24) is 14.3 Å². The standard InChI is InChI=1S/C25H22F2N4O3/c1-34-18-10-5-9-17(13-18)31-25(33)30(15-22(28)16-7-3-2-4-8-16)24(32)23(29-31)14-19-20(26)11-6-12-21(19)27/h2-13,22H,14-15,28H2,1H3. The summed E-state index contributed by atoms with van der Waals surface area (Å²) >= 11 is 0. The number of hydrogen-bond donors (Lipinski definition) is 1. The van der Waals surface area contributed by atoms with E-state index in [9.17, 15) is 18.4 Å². The predicted molar refractivity (Wildman–Crippen MR) is 123 cm³/mol. The van der Waals surface area contributed by atoms with Crippen molar-refractivity contribution < 1.29 is 13.5 Å². The molecule has 3 aromatic carbocycles. The van der Waals surface area contributed by atoms with Gasteiger partial charge in [-0.1, -0.05) is 42.5 Å². The van der Waals surface area contributed by atoms with Gasteiger partial charge in [-0.3, -0.25) is 9.36 Å². The summed E-state index contributed by atoms with van der Waals surface area (Å²) in [7, 11) is 1.47. The number of hydrogen-bond acceptors (Lipinski definition) is 5. The lowest BCUT2D eigenvalue weighted by Gasteiger charge is -2.16. The molecule has 9 heteroatoms. The molecule has 4 aromatic rings. The van der Waals surface area contributed by atoms with Crippen LogP contribution in [0.1, 0.15) is 22.9 Å². The smallest absolute Gasteiger partial charge is 0.352 e. The van der Waals surface area contributed by atoms with E-state index in [0.717, 1.165) is 26.9 Å². The number of benzene rings is 3. The molecule has 0 saturated heterocycles. The summed E-state index contributed by atoms with van der Waals surface area (Å²) in [5, 5.41) is 4.18. The summed E-state index contributed by atoms with van der Waals surface area (Å²) in [5.41, 5.74) is 5.31. The van der Waals surface area contributed by atoms with Crippen LogP contribution in [0.4, 0.5) is 8.78 Å². The Morgan fingerprint density at radius 1 is 0.971 bits per heavy atom. The van der Waals surface area contributed by atoms with Crippen molar-refractivity contribution in [3.8, 4) is 11.4 Å². The van der Waals surface area contributed by atoms with Crippen molar-refractivity contribution in [2.45, 2.75) is 19.0 Å². The van der Waals surface area contributed by atoms with E-state index in [1.165, 1.54) is 13.2 Å². The van der Waals surface area contributed by atoms with Crippen molar-refractivity contribution >= 4 is 0 Å². The van der Waals surface area contributed by atoms with E-state index < -0.39 is 35.3 Å². The molecule has 0 saturated carbocycles. The summed E-state index contributed by atoms with van der Waals surface area (Å²) in [5.74, 6) is -1.16. The molecule has 0 bridgehead atoms. The average molecular weight is 464 g/mol. The van der Waals surface area contributed by atoms with E-state index in [0.29, 0.717) is 11.4 Å². The molecule has 0 aliphatic carbocycles. The number of methoxy groups -OCH3 is 1. The quantitative estimate of drug-likeness (QED) is 0.454. The lowest BCUT2D eigenvalue weighted by Crippen LogP contribution is -2.44. The van der Waals surface area contributed by atoms with E-state index in [4.69, 9.17) is 10.5 Å². The van der Waals surface area contributed by atoms with Gasteiger partial charge in [0.05, 0.1) is 19.3 Å². The van der Waals surface area contributed by atoms with Crippen LogP contribution in [-0.4, -0.2) is 21.5 Å². The Bertz CT molecular complexity index is 1410. The van der Waals surface area contributed by atoms with E-state index in [1.54, 1.807) is 48.5 Å². The second kappa shape index (κ2) is 9.80. The first-order valence-corrected chi connectivity index (χ1v) is 10.5. The van der Waals surface area contributed by atoms with Crippen LogP contribution in [0.25, 0.3) is 5.69 Å². The molecule has 0 radical (unpaired) electrons. The normalized spacial score (nSPS) is 11.9. The highest BCUT2D eigenvalue weighted by Crippen LogP contribution is 2.17. The number of rotatable bonds is 7. The molecule has 0 amide bonds. The Balaban J connectivity index is 1.88. The van der Waals surface area contributed by atoms with Crippen LogP contribution in [-0.2, 0) is 13.0 Å². The van der Waals surface area contributed by atoms with Crippen molar-refractivity contribution in [3.05, 3.63) is 122 Å². The number of nitrogens with two attached hydrogens (primary N) is 1. The van der Waals surface area contributed by atoms with Crippen molar-refractivity contribution in [2.24, 2.45) is 5.73 Å². The third-order valence-corrected chi connectivity index (χ3v) is 5.44. The number of aromatic nitrogens is 3. The van der Waals surface area contributed by atoms with Gasteiger partial charge in [0.2, 0.25) is 0 Å². The zero-order valence-corrected chi connectivity index (χ0v) is 18.3. The molecular formula is C25H22F2N4O3. The van der Waals surface area contributed by atoms with E-state index >= 15 is 0 Å². The van der Waals surface area contributed by atoms with Crippen molar-refractivity contribution in [2.75, 3.05) is 7.11 Å². The molecule has 0 fully saturated rings. The van der Waals surface area contributed by atoms with Crippen LogP contribution >= 0.6 is 0 Å². The minimum Gasteiger partial charge on any atom is -0.497 e. The maximum absolute atomic E-state index is 14.3. The summed E-state index contributed by atoms with van der Waals surface area (Å²) in [6.45, 7) is -0.152. The molecule has 7 nitrogen and oxygen atoms in total.